The van der Waals surface area contributed by atoms with Gasteiger partial charge in [-0.25, -0.2) is 14.6 Å². The number of nitrogens with zero attached hydrogens (tertiary/aromatic N) is 4. The number of nitrogens with two attached hydrogens (primary N) is 1. The summed E-state index contributed by atoms with van der Waals surface area (Å²) in [5, 5.41) is 27.1. The Hall–Kier alpha value is -5.67. The van der Waals surface area contributed by atoms with E-state index in [1.807, 2.05) is 24.5 Å². The van der Waals surface area contributed by atoms with Gasteiger partial charge < -0.3 is 35.6 Å². The van der Waals surface area contributed by atoms with E-state index in [0.29, 0.717) is 11.3 Å². The van der Waals surface area contributed by atoms with Crippen LogP contribution in [0.1, 0.15) is 31.2 Å². The van der Waals surface area contributed by atoms with Gasteiger partial charge in [0.25, 0.3) is 11.8 Å². The van der Waals surface area contributed by atoms with Crippen LogP contribution in [0, 0.1) is 0 Å². The van der Waals surface area contributed by atoms with Crippen LogP contribution in [0.2, 0.25) is 0 Å². The molecule has 18 nitrogen and oxygen atoms in total. The zero-order valence-corrected chi connectivity index (χ0v) is 29.9. The number of thioether (sulfide) groups is 2. The van der Waals surface area contributed by atoms with Crippen LogP contribution in [0.4, 0.5) is 5.13 Å². The monoisotopic (exact) mass is 772 g/mol. The van der Waals surface area contributed by atoms with Gasteiger partial charge in [0.1, 0.15) is 22.8 Å². The number of esters is 2. The topological polar surface area (TPSA) is 253 Å². The number of amides is 2. The highest BCUT2D eigenvalue weighted by molar-refractivity contribution is 8.01. The Morgan fingerprint density at radius 1 is 1.12 bits per heavy atom. The van der Waals surface area contributed by atoms with Crippen LogP contribution in [0.25, 0.3) is 0 Å². The van der Waals surface area contributed by atoms with E-state index in [2.05, 4.69) is 20.9 Å². The first-order valence-electron chi connectivity index (χ1n) is 15.0. The van der Waals surface area contributed by atoms with Crippen LogP contribution in [0.5, 0.6) is 11.5 Å². The number of carbonyl (C=O) groups excluding carboxylic acids is 4. The summed E-state index contributed by atoms with van der Waals surface area (Å²) >= 11 is 3.64. The summed E-state index contributed by atoms with van der Waals surface area (Å²) < 4.78 is 11.8. The van der Waals surface area contributed by atoms with Gasteiger partial charge in [-0.15, -0.1) is 34.9 Å². The predicted octanol–water partition coefficient (Wildman–Crippen LogP) is 1.11. The molecular formula is C31H30N7O11S3+. The number of rotatable bonds is 14. The van der Waals surface area contributed by atoms with Gasteiger partial charge in [0.15, 0.2) is 22.3 Å². The van der Waals surface area contributed by atoms with Gasteiger partial charge >= 0.3 is 23.9 Å². The summed E-state index contributed by atoms with van der Waals surface area (Å²) in [5.41, 5.74) is 8.36. The minimum absolute atomic E-state index is 0.0458. The van der Waals surface area contributed by atoms with Crippen molar-refractivity contribution in [3.05, 3.63) is 70.6 Å². The molecule has 2 aliphatic heterocycles. The van der Waals surface area contributed by atoms with Crippen LogP contribution in [-0.2, 0) is 33.6 Å². The zero-order valence-electron chi connectivity index (χ0n) is 27.4. The summed E-state index contributed by atoms with van der Waals surface area (Å²) in [6.45, 7) is 2.21. The van der Waals surface area contributed by atoms with Crippen molar-refractivity contribution in [2.45, 2.75) is 36.3 Å². The van der Waals surface area contributed by atoms with Gasteiger partial charge in [0, 0.05) is 53.3 Å². The van der Waals surface area contributed by atoms with E-state index in [0.717, 1.165) is 41.0 Å². The van der Waals surface area contributed by atoms with Crippen molar-refractivity contribution in [1.82, 2.24) is 15.2 Å². The van der Waals surface area contributed by atoms with Gasteiger partial charge in [0.2, 0.25) is 18.5 Å². The predicted molar refractivity (Wildman–Crippen MR) is 186 cm³/mol. The van der Waals surface area contributed by atoms with E-state index in [4.69, 9.17) is 20.0 Å². The Labute approximate surface area is 307 Å². The molecule has 0 spiro atoms. The van der Waals surface area contributed by atoms with Crippen LogP contribution in [-0.4, -0.2) is 91.5 Å². The maximum atomic E-state index is 13.6. The Balaban J connectivity index is 1.36. The average Bonchev–Trinajstić information content (AvgIpc) is 3.53. The van der Waals surface area contributed by atoms with Crippen molar-refractivity contribution in [3.63, 3.8) is 0 Å². The molecule has 21 heteroatoms. The molecule has 2 aliphatic rings. The fourth-order valence-electron chi connectivity index (χ4n) is 4.95. The molecule has 3 atom stereocenters. The van der Waals surface area contributed by atoms with Crippen molar-refractivity contribution in [2.24, 2.45) is 5.16 Å². The lowest BCUT2D eigenvalue weighted by molar-refractivity contribution is -0.647. The van der Waals surface area contributed by atoms with Crippen molar-refractivity contribution in [3.8, 4) is 11.5 Å². The van der Waals surface area contributed by atoms with E-state index in [-0.39, 0.29) is 39.3 Å². The number of ether oxygens (including phenoxy) is 2. The largest absolute Gasteiger partial charge is 0.478 e. The maximum Gasteiger partial charge on any atom is 0.352 e. The van der Waals surface area contributed by atoms with Crippen LogP contribution < -0.4 is 30.6 Å². The molecular weight excluding hydrogens is 743 g/mol. The zero-order chi connectivity index (χ0) is 37.7. The van der Waals surface area contributed by atoms with E-state index in [1.165, 1.54) is 41.0 Å². The number of benzene rings is 1. The molecule has 1 saturated heterocycles. The lowest BCUT2D eigenvalue weighted by Gasteiger charge is -2.49. The minimum atomic E-state index is -1.88. The number of carboxylic acids is 2. The molecule has 0 aliphatic carbocycles. The Morgan fingerprint density at radius 2 is 1.81 bits per heavy atom. The highest BCUT2D eigenvalue weighted by Gasteiger charge is 2.54. The number of pyridine rings is 1. The number of hydrogen-bond donors (Lipinski definition) is 5. The quantitative estimate of drug-likeness (QED) is 0.0293. The van der Waals surface area contributed by atoms with Crippen molar-refractivity contribution in [1.29, 1.82) is 0 Å². The normalized spacial score (nSPS) is 17.3. The van der Waals surface area contributed by atoms with Gasteiger partial charge in [-0.05, 0) is 17.7 Å². The number of carboxylic acid groups (broad SMARTS) is 2. The lowest BCUT2D eigenvalue weighted by atomic mass is 10.0. The second kappa shape index (κ2) is 16.1. The molecule has 0 bridgehead atoms. The summed E-state index contributed by atoms with van der Waals surface area (Å²) in [4.78, 5) is 86.2. The first kappa shape index (κ1) is 37.6. The van der Waals surface area contributed by atoms with E-state index < -0.39 is 58.9 Å². The highest BCUT2D eigenvalue weighted by Crippen LogP contribution is 2.41. The maximum absolute atomic E-state index is 13.6. The van der Waals surface area contributed by atoms with Crippen LogP contribution in [0.15, 0.2) is 69.4 Å². The average molecular weight is 773 g/mol. The Kier molecular flexibility index (Phi) is 11.7. The van der Waals surface area contributed by atoms with Crippen molar-refractivity contribution >= 4 is 81.4 Å². The minimum Gasteiger partial charge on any atom is -0.478 e. The lowest BCUT2D eigenvalue weighted by Crippen LogP contribution is -2.71. The first-order valence-corrected chi connectivity index (χ1v) is 17.9. The number of anilines is 1. The molecule has 1 aromatic carbocycles. The molecule has 5 rings (SSSR count). The number of aliphatic carboxylic acids is 2. The Bertz CT molecular complexity index is 2000. The van der Waals surface area contributed by atoms with Gasteiger partial charge in [0.05, 0.1) is 7.05 Å². The molecule has 272 valence electrons. The first-order chi connectivity index (χ1) is 24.8. The fraction of sp³-hybridized carbons (Fsp3) is 0.258. The smallest absolute Gasteiger partial charge is 0.352 e. The highest BCUT2D eigenvalue weighted by atomic mass is 32.2. The molecule has 4 heterocycles. The third kappa shape index (κ3) is 8.44. The molecule has 2 aromatic heterocycles. The van der Waals surface area contributed by atoms with Gasteiger partial charge in [-0.1, -0.05) is 15.9 Å². The van der Waals surface area contributed by atoms with Crippen molar-refractivity contribution < 1.29 is 58.0 Å². The standard InChI is InChI=1S/C31H29N7O11S3/c1-14(39)47-20-5-4-16(10-21(20)48-15(2)40)25(30(45)46)49-36-22(19-13-52-31(32)34-19)26(41)35-23-27(42)38-24(29(43)44)17(12-51-28(23)38)11-50-18-6-8-37(33-3)9-7-18/h4-10,13,23,25,28,33H,11-12H2,1-3H3,(H4-,32,34,35,41,43,44,45,46)/p+1/b36-22-/t23-,25-,28-/m1/s1. The molecule has 0 unspecified atom stereocenters. The summed E-state index contributed by atoms with van der Waals surface area (Å²) in [7, 11) is 1.76. The SMILES string of the molecule is CN[n+]1ccc(SCC2=C(C(=O)O)N3C(=O)[C@@H](NC(=O)/C(=N\O[C@@H](C(=O)O)c4ccc(OC(C)=O)c(OC(C)=O)c4)c4csc(N)n4)[C@H]3SC2)cc1. The number of fused-ring (bicyclic) bond motifs is 1. The summed E-state index contributed by atoms with van der Waals surface area (Å²) in [6.07, 6.45) is 1.74. The van der Waals surface area contributed by atoms with E-state index in [9.17, 15) is 39.0 Å². The van der Waals surface area contributed by atoms with Gasteiger partial charge in [-0.2, -0.15) is 5.43 Å². The fourth-order valence-corrected chi connectivity index (χ4v) is 7.87. The Morgan fingerprint density at radius 3 is 2.40 bits per heavy atom. The number of nitrogen functional groups attached to an aromatic ring is 1. The van der Waals surface area contributed by atoms with E-state index >= 15 is 0 Å². The number of aromatic nitrogens is 2. The molecule has 2 amide bonds. The molecule has 52 heavy (non-hydrogen) atoms. The van der Waals surface area contributed by atoms with Crippen molar-refractivity contribution in [2.75, 3.05) is 29.7 Å². The molecule has 0 saturated carbocycles. The third-order valence-corrected chi connectivity index (χ3v) is 10.3. The molecule has 1 fully saturated rings. The van der Waals surface area contributed by atoms with Crippen LogP contribution in [0.3, 0.4) is 0 Å². The number of hydrogen-bond acceptors (Lipinski definition) is 16. The number of nitrogens with one attached hydrogen (secondary N) is 2. The second-order valence-corrected chi connectivity index (χ2v) is 13.8. The molecule has 3 aromatic rings. The number of β-lactam (4-membered cyclic amide) rings is 1. The number of carbonyl (C=O) groups is 6. The number of oxime groups is 1. The third-order valence-electron chi connectivity index (χ3n) is 7.24. The van der Waals surface area contributed by atoms with E-state index in [1.54, 1.807) is 11.7 Å². The molecule has 0 radical (unpaired) electrons. The second-order valence-electron chi connectivity index (χ2n) is 10.8. The van der Waals surface area contributed by atoms with Gasteiger partial charge in [-0.3, -0.25) is 24.1 Å². The summed E-state index contributed by atoms with van der Waals surface area (Å²) in [5.74, 6) is -5.87. The molecule has 6 N–H and O–H groups in total. The van der Waals surface area contributed by atoms with Crippen LogP contribution >= 0.6 is 34.9 Å². The number of thiazole rings is 1. The summed E-state index contributed by atoms with van der Waals surface area (Å²) in [6, 6.07) is 6.06.